The third-order valence-electron chi connectivity index (χ3n) is 9.40. The second kappa shape index (κ2) is 13.9. The first-order valence-corrected chi connectivity index (χ1v) is 17.7. The van der Waals surface area contributed by atoms with E-state index in [-0.39, 0.29) is 7.92 Å². The van der Waals surface area contributed by atoms with Crippen LogP contribution in [-0.2, 0) is 0 Å². The van der Waals surface area contributed by atoms with Crippen molar-refractivity contribution >= 4 is 30.6 Å². The third-order valence-corrected chi connectivity index (χ3v) is 13.0. The van der Waals surface area contributed by atoms with E-state index in [9.17, 15) is 0 Å². The Hall–Kier alpha value is -3.15. The summed E-state index contributed by atoms with van der Waals surface area (Å²) < 4.78 is 0. The van der Waals surface area contributed by atoms with Gasteiger partial charge in [-0.15, -0.1) is 0 Å². The lowest BCUT2D eigenvalue weighted by molar-refractivity contribution is 0.487. The van der Waals surface area contributed by atoms with Gasteiger partial charge in [0.1, 0.15) is 0 Å². The highest BCUT2D eigenvalue weighted by Gasteiger charge is 2.34. The number of anilines is 1. The van der Waals surface area contributed by atoms with Gasteiger partial charge in [0.25, 0.3) is 0 Å². The Labute approximate surface area is 255 Å². The maximum Gasteiger partial charge on any atom is 0.0447 e. The number of hydrogen-bond acceptors (Lipinski definition) is 1. The molecule has 0 heterocycles. The molecular formula is C40H46NP. The molecule has 4 aromatic rings. The Morgan fingerprint density at radius 1 is 0.619 bits per heavy atom. The lowest BCUT2D eigenvalue weighted by Gasteiger charge is -2.40. The number of benzene rings is 4. The Bertz CT molecular complexity index is 1440. The molecule has 216 valence electrons. The molecule has 1 nitrogen and oxygen atoms in total. The highest BCUT2D eigenvalue weighted by Crippen LogP contribution is 2.57. The van der Waals surface area contributed by atoms with Crippen molar-refractivity contribution in [2.24, 2.45) is 0 Å². The standard InChI is InChI=1S/C40H46NP/c1-41(2)38-28-17-27-35(37(32-20-9-4-10-21-32)30-31-18-7-3-8-19-31)40(38)36-26-15-16-29-39(36)42(33-22-11-5-12-23-33)34-24-13-6-14-25-34/h3-4,7-10,15-21,26-30,33-34H,5-6,11-14,22-25H2,1-2H3/b37-30+. The van der Waals surface area contributed by atoms with Crippen LogP contribution in [-0.4, -0.2) is 25.4 Å². The topological polar surface area (TPSA) is 3.24 Å². The number of hydrogen-bond donors (Lipinski definition) is 0. The minimum absolute atomic E-state index is 0.240. The predicted octanol–water partition coefficient (Wildman–Crippen LogP) is 10.8. The van der Waals surface area contributed by atoms with Crippen LogP contribution in [0.1, 0.15) is 80.9 Å². The van der Waals surface area contributed by atoms with Gasteiger partial charge in [-0.25, -0.2) is 0 Å². The molecule has 0 saturated heterocycles. The zero-order valence-corrected chi connectivity index (χ0v) is 26.4. The summed E-state index contributed by atoms with van der Waals surface area (Å²) in [7, 11) is 4.18. The minimum Gasteiger partial charge on any atom is -0.377 e. The maximum absolute atomic E-state index is 2.53. The fourth-order valence-corrected chi connectivity index (χ4v) is 11.3. The fourth-order valence-electron chi connectivity index (χ4n) is 7.39. The molecule has 2 heteroatoms. The first kappa shape index (κ1) is 28.9. The average molecular weight is 572 g/mol. The molecule has 42 heavy (non-hydrogen) atoms. The summed E-state index contributed by atoms with van der Waals surface area (Å²) in [5.74, 6) is 0. The molecule has 2 aliphatic carbocycles. The summed E-state index contributed by atoms with van der Waals surface area (Å²) in [5.41, 5.74) is 11.0. The van der Waals surface area contributed by atoms with Crippen LogP contribution >= 0.6 is 7.92 Å². The van der Waals surface area contributed by atoms with Gasteiger partial charge < -0.3 is 4.90 Å². The van der Waals surface area contributed by atoms with Crippen molar-refractivity contribution in [3.05, 3.63) is 120 Å². The smallest absolute Gasteiger partial charge is 0.0447 e. The molecule has 0 bridgehead atoms. The largest absolute Gasteiger partial charge is 0.377 e. The van der Waals surface area contributed by atoms with Gasteiger partial charge in [-0.3, -0.25) is 0 Å². The van der Waals surface area contributed by atoms with Gasteiger partial charge in [0.2, 0.25) is 0 Å². The van der Waals surface area contributed by atoms with Gasteiger partial charge in [0, 0.05) is 25.3 Å². The van der Waals surface area contributed by atoms with Crippen LogP contribution in [0.2, 0.25) is 0 Å². The number of rotatable bonds is 8. The molecule has 0 N–H and O–H groups in total. The molecule has 0 aliphatic heterocycles. The van der Waals surface area contributed by atoms with Crippen LogP contribution in [0.15, 0.2) is 103 Å². The van der Waals surface area contributed by atoms with E-state index in [4.69, 9.17) is 0 Å². The summed E-state index contributed by atoms with van der Waals surface area (Å²) in [6, 6.07) is 38.4. The van der Waals surface area contributed by atoms with E-state index in [1.165, 1.54) is 103 Å². The van der Waals surface area contributed by atoms with Gasteiger partial charge in [-0.2, -0.15) is 0 Å². The summed E-state index contributed by atoms with van der Waals surface area (Å²) in [5, 5.41) is 1.66. The van der Waals surface area contributed by atoms with Crippen molar-refractivity contribution in [2.75, 3.05) is 19.0 Å². The van der Waals surface area contributed by atoms with Crippen LogP contribution in [0.4, 0.5) is 5.69 Å². The quantitative estimate of drug-likeness (QED) is 0.150. The van der Waals surface area contributed by atoms with Crippen molar-refractivity contribution in [2.45, 2.75) is 75.5 Å². The molecule has 0 spiro atoms. The predicted molar refractivity (Wildman–Crippen MR) is 186 cm³/mol. The maximum atomic E-state index is 2.53. The third kappa shape index (κ3) is 6.43. The number of nitrogens with zero attached hydrogens (tertiary/aromatic N) is 1. The summed E-state index contributed by atoms with van der Waals surface area (Å²) >= 11 is 0. The van der Waals surface area contributed by atoms with Gasteiger partial charge in [-0.05, 0) is 82.3 Å². The first-order chi connectivity index (χ1) is 20.7. The van der Waals surface area contributed by atoms with Crippen molar-refractivity contribution in [1.29, 1.82) is 0 Å². The van der Waals surface area contributed by atoms with Crippen LogP contribution in [0, 0.1) is 0 Å². The van der Waals surface area contributed by atoms with Crippen LogP contribution in [0.25, 0.3) is 22.8 Å². The van der Waals surface area contributed by atoms with Crippen molar-refractivity contribution in [3.8, 4) is 11.1 Å². The van der Waals surface area contributed by atoms with Gasteiger partial charge in [-0.1, -0.05) is 144 Å². The molecule has 0 amide bonds. The summed E-state index contributed by atoms with van der Waals surface area (Å²) in [6.07, 6.45) is 16.6. The van der Waals surface area contributed by atoms with Crippen molar-refractivity contribution < 1.29 is 0 Å². The van der Waals surface area contributed by atoms with Gasteiger partial charge >= 0.3 is 0 Å². The normalized spacial score (nSPS) is 17.0. The lowest BCUT2D eigenvalue weighted by Crippen LogP contribution is -2.27. The van der Waals surface area contributed by atoms with Crippen LogP contribution in [0.3, 0.4) is 0 Å². The Morgan fingerprint density at radius 2 is 1.19 bits per heavy atom. The molecule has 0 unspecified atom stereocenters. The highest BCUT2D eigenvalue weighted by atomic mass is 31.1. The van der Waals surface area contributed by atoms with Gasteiger partial charge in [0.05, 0.1) is 0 Å². The molecule has 0 aromatic heterocycles. The van der Waals surface area contributed by atoms with Crippen LogP contribution < -0.4 is 10.2 Å². The molecular weight excluding hydrogens is 525 g/mol. The molecule has 0 atom stereocenters. The van der Waals surface area contributed by atoms with E-state index >= 15 is 0 Å². The van der Waals surface area contributed by atoms with Gasteiger partial charge in [0.15, 0.2) is 0 Å². The van der Waals surface area contributed by atoms with E-state index < -0.39 is 0 Å². The highest BCUT2D eigenvalue weighted by molar-refractivity contribution is 7.67. The van der Waals surface area contributed by atoms with E-state index in [0.29, 0.717) is 0 Å². The molecule has 0 radical (unpaired) electrons. The fraction of sp³-hybridized carbons (Fsp3) is 0.350. The lowest BCUT2D eigenvalue weighted by atomic mass is 9.88. The summed E-state index contributed by atoms with van der Waals surface area (Å²) in [6.45, 7) is 0. The second-order valence-corrected chi connectivity index (χ2v) is 15.2. The molecule has 2 saturated carbocycles. The van der Waals surface area contributed by atoms with E-state index in [1.807, 2.05) is 0 Å². The Balaban J connectivity index is 1.58. The van der Waals surface area contributed by atoms with E-state index in [0.717, 1.165) is 11.3 Å². The molecule has 6 rings (SSSR count). The first-order valence-electron chi connectivity index (χ1n) is 16.2. The minimum atomic E-state index is -0.240. The zero-order chi connectivity index (χ0) is 28.7. The van der Waals surface area contributed by atoms with Crippen molar-refractivity contribution in [1.82, 2.24) is 0 Å². The van der Waals surface area contributed by atoms with Crippen molar-refractivity contribution in [3.63, 3.8) is 0 Å². The second-order valence-electron chi connectivity index (χ2n) is 12.4. The average Bonchev–Trinajstić information content (AvgIpc) is 3.06. The monoisotopic (exact) mass is 571 g/mol. The Kier molecular flexibility index (Phi) is 9.57. The molecule has 4 aromatic carbocycles. The van der Waals surface area contributed by atoms with Crippen LogP contribution in [0.5, 0.6) is 0 Å². The zero-order valence-electron chi connectivity index (χ0n) is 25.5. The Morgan fingerprint density at radius 3 is 1.81 bits per heavy atom. The molecule has 2 fully saturated rings. The van der Waals surface area contributed by atoms with E-state index in [2.05, 4.69) is 128 Å². The SMILES string of the molecule is CN(C)c1cccc(/C(=C/c2ccccc2)c2ccccc2)c1-c1ccccc1P(C1CCCCC1)C1CCCCC1. The van der Waals surface area contributed by atoms with E-state index in [1.54, 1.807) is 5.30 Å². The summed E-state index contributed by atoms with van der Waals surface area (Å²) in [4.78, 5) is 2.32. The molecule has 2 aliphatic rings.